The number of nitrogens with zero attached hydrogens (tertiary/aromatic N) is 4. The van der Waals surface area contributed by atoms with Crippen LogP contribution in [-0.4, -0.2) is 46.0 Å². The molecule has 210 valence electrons. The number of nitrogens with one attached hydrogen (secondary N) is 1. The molecule has 2 bridgehead atoms. The summed E-state index contributed by atoms with van der Waals surface area (Å²) in [5, 5.41) is -0.228. The molecule has 0 aliphatic heterocycles. The van der Waals surface area contributed by atoms with Gasteiger partial charge < -0.3 is 0 Å². The third-order valence-electron chi connectivity index (χ3n) is 9.30. The molecule has 0 amide bonds. The molecule has 1 N–H and O–H groups in total. The van der Waals surface area contributed by atoms with Crippen LogP contribution in [0.4, 0.5) is 0 Å². The Morgan fingerprint density at radius 3 is 2.30 bits per heavy atom. The third kappa shape index (κ3) is 3.88. The number of hydrogen-bond acceptors (Lipinski definition) is 6. The molecular formula is C29H33N5O4S2. The zero-order valence-electron chi connectivity index (χ0n) is 22.5. The van der Waals surface area contributed by atoms with Gasteiger partial charge in [-0.1, -0.05) is 23.8 Å². The molecule has 3 heterocycles. The largest absolute Gasteiger partial charge is 0.291 e. The second-order valence-electron chi connectivity index (χ2n) is 11.9. The molecule has 8 rings (SSSR count). The van der Waals surface area contributed by atoms with Gasteiger partial charge in [0.2, 0.25) is 10.0 Å². The summed E-state index contributed by atoms with van der Waals surface area (Å²) >= 11 is 0. The van der Waals surface area contributed by atoms with Crippen LogP contribution in [0.5, 0.6) is 0 Å². The van der Waals surface area contributed by atoms with Crippen LogP contribution >= 0.6 is 0 Å². The van der Waals surface area contributed by atoms with Gasteiger partial charge in [0.1, 0.15) is 5.82 Å². The number of rotatable bonds is 8. The van der Waals surface area contributed by atoms with E-state index in [1.165, 1.54) is 3.97 Å². The molecule has 9 nitrogen and oxygen atoms in total. The Morgan fingerprint density at radius 2 is 1.68 bits per heavy atom. The molecule has 0 unspecified atom stereocenters. The van der Waals surface area contributed by atoms with Crippen LogP contribution < -0.4 is 4.72 Å². The van der Waals surface area contributed by atoms with Crippen molar-refractivity contribution in [3.63, 3.8) is 0 Å². The maximum atomic E-state index is 13.6. The third-order valence-corrected chi connectivity index (χ3v) is 13.1. The van der Waals surface area contributed by atoms with Gasteiger partial charge in [-0.05, 0) is 76.5 Å². The molecule has 4 aliphatic rings. The average Bonchev–Trinajstić information content (AvgIpc) is 3.61. The van der Waals surface area contributed by atoms with Crippen molar-refractivity contribution in [3.05, 3.63) is 72.5 Å². The van der Waals surface area contributed by atoms with Crippen molar-refractivity contribution in [2.45, 2.75) is 85.8 Å². The molecule has 4 fully saturated rings. The van der Waals surface area contributed by atoms with E-state index in [9.17, 15) is 16.8 Å². The first-order valence-corrected chi connectivity index (χ1v) is 16.9. The minimum absolute atomic E-state index is 0.207. The number of allylic oxidation sites excluding steroid dienone is 1. The summed E-state index contributed by atoms with van der Waals surface area (Å²) in [6, 6.07) is 8.62. The summed E-state index contributed by atoms with van der Waals surface area (Å²) in [5.74, 6) is 0.913. The quantitative estimate of drug-likeness (QED) is 0.310. The highest BCUT2D eigenvalue weighted by atomic mass is 32.2. The van der Waals surface area contributed by atoms with E-state index in [0.717, 1.165) is 74.0 Å². The number of imidazole rings is 1. The molecule has 4 aliphatic carbocycles. The molecule has 0 saturated heterocycles. The summed E-state index contributed by atoms with van der Waals surface area (Å²) in [7, 11) is -7.12. The van der Waals surface area contributed by atoms with E-state index in [4.69, 9.17) is 4.98 Å². The molecule has 40 heavy (non-hydrogen) atoms. The molecule has 0 atom stereocenters. The molecule has 4 saturated carbocycles. The van der Waals surface area contributed by atoms with Gasteiger partial charge in [0, 0.05) is 23.6 Å². The molecule has 4 aromatic rings. The number of hydrogen-bond donors (Lipinski definition) is 1. The van der Waals surface area contributed by atoms with Gasteiger partial charge >= 0.3 is 0 Å². The van der Waals surface area contributed by atoms with Crippen LogP contribution in [0, 0.1) is 6.92 Å². The van der Waals surface area contributed by atoms with Crippen molar-refractivity contribution in [2.75, 3.05) is 0 Å². The minimum Gasteiger partial charge on any atom is -0.291 e. The predicted molar refractivity (Wildman–Crippen MR) is 153 cm³/mol. The van der Waals surface area contributed by atoms with E-state index in [1.54, 1.807) is 42.7 Å². The Morgan fingerprint density at radius 1 is 1.00 bits per heavy atom. The van der Waals surface area contributed by atoms with E-state index < -0.39 is 20.0 Å². The fourth-order valence-electron chi connectivity index (χ4n) is 6.77. The van der Waals surface area contributed by atoms with Crippen molar-refractivity contribution in [2.24, 2.45) is 0 Å². The highest BCUT2D eigenvalue weighted by Crippen LogP contribution is 2.54. The van der Waals surface area contributed by atoms with E-state index in [1.807, 2.05) is 13.0 Å². The highest BCUT2D eigenvalue weighted by molar-refractivity contribution is 7.90. The Bertz CT molecular complexity index is 1860. The van der Waals surface area contributed by atoms with E-state index in [2.05, 4.69) is 20.7 Å². The lowest BCUT2D eigenvalue weighted by molar-refractivity contribution is 0.0885. The van der Waals surface area contributed by atoms with Crippen molar-refractivity contribution in [1.29, 1.82) is 0 Å². The van der Waals surface area contributed by atoms with Gasteiger partial charge in [-0.2, -0.15) is 0 Å². The molecular weight excluding hydrogens is 546 g/mol. The lowest BCUT2D eigenvalue weighted by Crippen LogP contribution is -2.58. The Labute approximate surface area is 234 Å². The van der Waals surface area contributed by atoms with E-state index >= 15 is 0 Å². The first-order valence-electron chi connectivity index (χ1n) is 13.9. The lowest BCUT2D eigenvalue weighted by atomic mass is 9.57. The molecule has 0 radical (unpaired) electrons. The van der Waals surface area contributed by atoms with Crippen molar-refractivity contribution >= 4 is 36.7 Å². The Hall–Kier alpha value is -3.02. The summed E-state index contributed by atoms with van der Waals surface area (Å²) < 4.78 is 59.3. The Kier molecular flexibility index (Phi) is 5.66. The van der Waals surface area contributed by atoms with E-state index in [-0.39, 0.29) is 21.1 Å². The molecule has 11 heteroatoms. The lowest BCUT2D eigenvalue weighted by Gasteiger charge is -2.52. The van der Waals surface area contributed by atoms with Crippen LogP contribution in [0.3, 0.4) is 0 Å². The standard InChI is InChI=1S/C29H33N5O4S2/c1-3-4-23-25-19-30-26-24(11-18-33(26)40(37,38)22-7-5-20(2)6-8-22)34(25)27(31-23)28-12-15-29(16-13-28,17-14-28)32-39(35,36)21-9-10-21/h3,5-8,11,18-19,21,32H,1,4,9-10,12-17H2,2H3. The SMILES string of the molecule is C=CCc1nc(C23CCC(NS(=O)(=O)C4CC4)(CC2)CC3)n2c1cnc1c2ccn1S(=O)(=O)c1ccc(C)cc1. The monoisotopic (exact) mass is 579 g/mol. The minimum atomic E-state index is -3.85. The van der Waals surface area contributed by atoms with Gasteiger partial charge in [-0.15, -0.1) is 6.58 Å². The van der Waals surface area contributed by atoms with Gasteiger partial charge in [-0.25, -0.2) is 35.5 Å². The Balaban J connectivity index is 1.32. The van der Waals surface area contributed by atoms with E-state index in [0.29, 0.717) is 17.6 Å². The first kappa shape index (κ1) is 25.9. The number of sulfonamides is 1. The first-order chi connectivity index (χ1) is 19.1. The van der Waals surface area contributed by atoms with Crippen molar-refractivity contribution in [3.8, 4) is 0 Å². The van der Waals surface area contributed by atoms with Crippen molar-refractivity contribution < 1.29 is 16.8 Å². The highest BCUT2D eigenvalue weighted by Gasteiger charge is 2.54. The van der Waals surface area contributed by atoms with Gasteiger partial charge in [-0.3, -0.25) is 4.40 Å². The smallest absolute Gasteiger partial charge is 0.269 e. The normalized spacial score (nSPS) is 25.1. The van der Waals surface area contributed by atoms with Gasteiger partial charge in [0.05, 0.1) is 33.1 Å². The maximum absolute atomic E-state index is 13.6. The molecule has 0 spiro atoms. The zero-order valence-corrected chi connectivity index (χ0v) is 24.1. The number of aromatic nitrogens is 4. The summed E-state index contributed by atoms with van der Waals surface area (Å²) in [4.78, 5) is 9.98. The number of aryl methyl sites for hydroxylation is 1. The molecule has 1 aromatic carbocycles. The fraction of sp³-hybridized carbons (Fsp3) is 0.448. The van der Waals surface area contributed by atoms with Crippen molar-refractivity contribution in [1.82, 2.24) is 23.1 Å². The van der Waals surface area contributed by atoms with Crippen LogP contribution in [0.2, 0.25) is 0 Å². The van der Waals surface area contributed by atoms with Gasteiger partial charge in [0.25, 0.3) is 10.0 Å². The second kappa shape index (κ2) is 8.74. The summed E-state index contributed by atoms with van der Waals surface area (Å²) in [6.07, 6.45) is 11.9. The maximum Gasteiger partial charge on any atom is 0.269 e. The molecule has 3 aromatic heterocycles. The number of benzene rings is 1. The average molecular weight is 580 g/mol. The van der Waals surface area contributed by atoms with Crippen LogP contribution in [0.25, 0.3) is 16.7 Å². The topological polar surface area (TPSA) is 115 Å². The van der Waals surface area contributed by atoms with Crippen LogP contribution in [-0.2, 0) is 31.9 Å². The summed E-state index contributed by atoms with van der Waals surface area (Å²) in [6.45, 7) is 5.83. The van der Waals surface area contributed by atoms with Crippen LogP contribution in [0.15, 0.2) is 60.3 Å². The zero-order chi connectivity index (χ0) is 27.9. The predicted octanol–water partition coefficient (Wildman–Crippen LogP) is 4.38. The number of fused-ring (bicyclic) bond motifs is 6. The van der Waals surface area contributed by atoms with Crippen LogP contribution in [0.1, 0.15) is 68.4 Å². The van der Waals surface area contributed by atoms with Gasteiger partial charge in [0.15, 0.2) is 5.65 Å². The second-order valence-corrected chi connectivity index (χ2v) is 15.7. The fourth-order valence-corrected chi connectivity index (χ4v) is 9.90. The summed E-state index contributed by atoms with van der Waals surface area (Å²) in [5.41, 5.74) is 3.14.